The number of rotatable bonds is 4. The Morgan fingerprint density at radius 2 is 1.95 bits per heavy atom. The molecule has 1 atom stereocenters. The van der Waals surface area contributed by atoms with Gasteiger partial charge in [-0.3, -0.25) is 0 Å². The third kappa shape index (κ3) is 3.93. The Labute approximate surface area is 117 Å². The van der Waals surface area contributed by atoms with Crippen molar-refractivity contribution in [1.29, 1.82) is 0 Å². The van der Waals surface area contributed by atoms with Gasteiger partial charge in [0.15, 0.2) is 0 Å². The molecule has 3 N–H and O–H groups in total. The second kappa shape index (κ2) is 7.49. The maximum atomic E-state index is 6.08. The van der Waals surface area contributed by atoms with Gasteiger partial charge in [0.05, 0.1) is 0 Å². The standard InChI is InChI=1S/C16H27N3/c1-2-18-15(14-11-8-12-19-16(14)17)13-9-6-4-3-5-7-10-13/h8,11-13,15,18H,2-7,9-10H2,1H3,(H2,17,19). The summed E-state index contributed by atoms with van der Waals surface area (Å²) in [4.78, 5) is 4.26. The quantitative estimate of drug-likeness (QED) is 0.869. The van der Waals surface area contributed by atoms with Gasteiger partial charge in [-0.1, -0.05) is 45.1 Å². The van der Waals surface area contributed by atoms with Gasteiger partial charge in [0, 0.05) is 17.8 Å². The van der Waals surface area contributed by atoms with Gasteiger partial charge >= 0.3 is 0 Å². The number of nitrogens with two attached hydrogens (primary N) is 1. The highest BCUT2D eigenvalue weighted by molar-refractivity contribution is 5.41. The van der Waals surface area contributed by atoms with E-state index in [4.69, 9.17) is 5.73 Å². The SMILES string of the molecule is CCNC(c1cccnc1N)C1CCCCCCC1. The van der Waals surface area contributed by atoms with Gasteiger partial charge in [0.25, 0.3) is 0 Å². The van der Waals surface area contributed by atoms with E-state index in [2.05, 4.69) is 23.3 Å². The maximum absolute atomic E-state index is 6.08. The van der Waals surface area contributed by atoms with E-state index < -0.39 is 0 Å². The Balaban J connectivity index is 2.15. The second-order valence-corrected chi connectivity index (χ2v) is 5.62. The molecule has 0 aromatic carbocycles. The number of nitrogen functional groups attached to an aromatic ring is 1. The van der Waals surface area contributed by atoms with Crippen LogP contribution in [0.25, 0.3) is 0 Å². The molecule has 2 rings (SSSR count). The Bertz CT molecular complexity index is 370. The van der Waals surface area contributed by atoms with Crippen molar-refractivity contribution in [3.63, 3.8) is 0 Å². The molecule has 0 aliphatic heterocycles. The van der Waals surface area contributed by atoms with Crippen LogP contribution in [-0.4, -0.2) is 11.5 Å². The second-order valence-electron chi connectivity index (χ2n) is 5.62. The normalized spacial score (nSPS) is 19.6. The molecule has 1 saturated carbocycles. The van der Waals surface area contributed by atoms with E-state index in [9.17, 15) is 0 Å². The molecule has 3 nitrogen and oxygen atoms in total. The molecule has 1 aliphatic carbocycles. The van der Waals surface area contributed by atoms with E-state index in [1.54, 1.807) is 6.20 Å². The molecule has 1 unspecified atom stereocenters. The van der Waals surface area contributed by atoms with Crippen molar-refractivity contribution in [3.05, 3.63) is 23.9 Å². The molecule has 1 aromatic rings. The summed E-state index contributed by atoms with van der Waals surface area (Å²) in [6.45, 7) is 3.15. The minimum Gasteiger partial charge on any atom is -0.383 e. The average Bonchev–Trinajstić information content (AvgIpc) is 2.37. The van der Waals surface area contributed by atoms with Crippen molar-refractivity contribution in [2.24, 2.45) is 5.92 Å². The predicted molar refractivity (Wildman–Crippen MR) is 80.9 cm³/mol. The van der Waals surface area contributed by atoms with Crippen LogP contribution >= 0.6 is 0 Å². The van der Waals surface area contributed by atoms with Gasteiger partial charge in [0.1, 0.15) is 5.82 Å². The van der Waals surface area contributed by atoms with Gasteiger partial charge in [-0.25, -0.2) is 4.98 Å². The first kappa shape index (κ1) is 14.3. The largest absolute Gasteiger partial charge is 0.383 e. The summed E-state index contributed by atoms with van der Waals surface area (Å²) in [6, 6.07) is 4.50. The lowest BCUT2D eigenvalue weighted by Gasteiger charge is -2.30. The number of nitrogens with one attached hydrogen (secondary N) is 1. The van der Waals surface area contributed by atoms with E-state index in [-0.39, 0.29) is 0 Å². The highest BCUT2D eigenvalue weighted by Crippen LogP contribution is 2.34. The summed E-state index contributed by atoms with van der Waals surface area (Å²) < 4.78 is 0. The molecule has 106 valence electrons. The van der Waals surface area contributed by atoms with Crippen LogP contribution in [0.2, 0.25) is 0 Å². The molecule has 0 bridgehead atoms. The Morgan fingerprint density at radius 1 is 1.26 bits per heavy atom. The van der Waals surface area contributed by atoms with Gasteiger partial charge in [-0.15, -0.1) is 0 Å². The molecule has 0 amide bonds. The molecular weight excluding hydrogens is 234 g/mol. The van der Waals surface area contributed by atoms with E-state index in [1.807, 2.05) is 6.07 Å². The van der Waals surface area contributed by atoms with Crippen LogP contribution in [0, 0.1) is 5.92 Å². The minimum absolute atomic E-state index is 0.372. The van der Waals surface area contributed by atoms with Crippen LogP contribution in [0.15, 0.2) is 18.3 Å². The monoisotopic (exact) mass is 261 g/mol. The van der Waals surface area contributed by atoms with E-state index in [0.29, 0.717) is 17.8 Å². The Hall–Kier alpha value is -1.09. The average molecular weight is 261 g/mol. The molecule has 1 aromatic heterocycles. The third-order valence-corrected chi connectivity index (χ3v) is 4.25. The topological polar surface area (TPSA) is 50.9 Å². The van der Waals surface area contributed by atoms with Gasteiger partial charge in [0.2, 0.25) is 0 Å². The Morgan fingerprint density at radius 3 is 2.58 bits per heavy atom. The first-order valence-electron chi connectivity index (χ1n) is 7.76. The molecule has 0 radical (unpaired) electrons. The predicted octanol–water partition coefficient (Wildman–Crippen LogP) is 3.67. The first-order valence-corrected chi connectivity index (χ1v) is 7.76. The fourth-order valence-electron chi connectivity index (χ4n) is 3.26. The summed E-state index contributed by atoms with van der Waals surface area (Å²) in [5, 5.41) is 3.64. The van der Waals surface area contributed by atoms with Crippen LogP contribution in [0.4, 0.5) is 5.82 Å². The van der Waals surface area contributed by atoms with E-state index >= 15 is 0 Å². The molecule has 0 saturated heterocycles. The number of hydrogen-bond acceptors (Lipinski definition) is 3. The highest BCUT2D eigenvalue weighted by atomic mass is 14.9. The number of nitrogens with zero attached hydrogens (tertiary/aromatic N) is 1. The van der Waals surface area contributed by atoms with Crippen molar-refractivity contribution in [3.8, 4) is 0 Å². The summed E-state index contributed by atoms with van der Waals surface area (Å²) in [5.41, 5.74) is 7.27. The van der Waals surface area contributed by atoms with Crippen molar-refractivity contribution >= 4 is 5.82 Å². The fourth-order valence-corrected chi connectivity index (χ4v) is 3.26. The molecule has 1 aliphatic rings. The van der Waals surface area contributed by atoms with Gasteiger partial charge in [-0.05, 0) is 31.4 Å². The number of aromatic nitrogens is 1. The summed E-state index contributed by atoms with van der Waals surface area (Å²) in [7, 11) is 0. The van der Waals surface area contributed by atoms with Crippen LogP contribution in [0.5, 0.6) is 0 Å². The van der Waals surface area contributed by atoms with Crippen molar-refractivity contribution in [1.82, 2.24) is 10.3 Å². The molecule has 0 spiro atoms. The van der Waals surface area contributed by atoms with Crippen molar-refractivity contribution < 1.29 is 0 Å². The van der Waals surface area contributed by atoms with Crippen molar-refractivity contribution in [2.45, 2.75) is 57.9 Å². The molecule has 19 heavy (non-hydrogen) atoms. The minimum atomic E-state index is 0.372. The summed E-state index contributed by atoms with van der Waals surface area (Å²) in [6.07, 6.45) is 11.3. The molecule has 3 heteroatoms. The van der Waals surface area contributed by atoms with Crippen LogP contribution in [0.3, 0.4) is 0 Å². The lowest BCUT2D eigenvalue weighted by atomic mass is 9.83. The number of pyridine rings is 1. The van der Waals surface area contributed by atoms with E-state index in [0.717, 1.165) is 6.54 Å². The zero-order valence-corrected chi connectivity index (χ0v) is 12.1. The zero-order chi connectivity index (χ0) is 13.5. The Kier molecular flexibility index (Phi) is 5.64. The maximum Gasteiger partial charge on any atom is 0.128 e. The van der Waals surface area contributed by atoms with Crippen LogP contribution in [0.1, 0.15) is 63.5 Å². The van der Waals surface area contributed by atoms with Gasteiger partial charge < -0.3 is 11.1 Å². The first-order chi connectivity index (χ1) is 9.33. The van der Waals surface area contributed by atoms with Crippen LogP contribution < -0.4 is 11.1 Å². The number of anilines is 1. The summed E-state index contributed by atoms with van der Waals surface area (Å²) in [5.74, 6) is 1.39. The molecule has 1 heterocycles. The lowest BCUT2D eigenvalue weighted by Crippen LogP contribution is -2.29. The number of hydrogen-bond donors (Lipinski definition) is 2. The smallest absolute Gasteiger partial charge is 0.128 e. The lowest BCUT2D eigenvalue weighted by molar-refractivity contribution is 0.292. The molecule has 1 fully saturated rings. The van der Waals surface area contributed by atoms with Crippen LogP contribution in [-0.2, 0) is 0 Å². The van der Waals surface area contributed by atoms with Crippen molar-refractivity contribution in [2.75, 3.05) is 12.3 Å². The fraction of sp³-hybridized carbons (Fsp3) is 0.688. The highest BCUT2D eigenvalue weighted by Gasteiger charge is 2.24. The summed E-state index contributed by atoms with van der Waals surface area (Å²) >= 11 is 0. The molecular formula is C16H27N3. The van der Waals surface area contributed by atoms with Gasteiger partial charge in [-0.2, -0.15) is 0 Å². The van der Waals surface area contributed by atoms with E-state index in [1.165, 1.54) is 50.5 Å². The zero-order valence-electron chi connectivity index (χ0n) is 12.1. The third-order valence-electron chi connectivity index (χ3n) is 4.25.